The molecule has 4 N–H and O–H groups in total. The fourth-order valence-electron chi connectivity index (χ4n) is 2.72. The third kappa shape index (κ3) is 10.2. The fraction of sp³-hybridized carbons (Fsp3) is 0.632. The maximum atomic E-state index is 11.7. The molecule has 1 unspecified atom stereocenters. The number of benzene rings is 1. The number of rotatable bonds is 12. The molecule has 142 valence electrons. The standard InChI is InChI=1S/C19H32N2O3S/c1-3-4-5-6-7-8-9-16-10-12-17(13-11-16)14-15-18(20)19(22)21-25(2,23)24/h10-13,18H,3-9,14-15,20H2,1-2H3,(H,21,22)/p+1. The van der Waals surface area contributed by atoms with Gasteiger partial charge in [-0.2, -0.15) is 0 Å². The lowest BCUT2D eigenvalue weighted by Crippen LogP contribution is -2.67. The number of hydrogen-bond donors (Lipinski definition) is 2. The normalized spacial score (nSPS) is 12.8. The molecule has 5 nitrogen and oxygen atoms in total. The summed E-state index contributed by atoms with van der Waals surface area (Å²) in [6.45, 7) is 2.23. The van der Waals surface area contributed by atoms with Crippen LogP contribution in [-0.2, 0) is 27.7 Å². The van der Waals surface area contributed by atoms with E-state index in [1.54, 1.807) is 0 Å². The quantitative estimate of drug-likeness (QED) is 0.553. The lowest BCUT2D eigenvalue weighted by molar-refractivity contribution is -0.404. The number of hydrogen-bond acceptors (Lipinski definition) is 3. The van der Waals surface area contributed by atoms with Gasteiger partial charge in [-0.1, -0.05) is 63.3 Å². The summed E-state index contributed by atoms with van der Waals surface area (Å²) in [5.74, 6) is -0.540. The Morgan fingerprint density at radius 1 is 1.00 bits per heavy atom. The number of amides is 1. The van der Waals surface area contributed by atoms with Crippen LogP contribution in [0.4, 0.5) is 0 Å². The van der Waals surface area contributed by atoms with E-state index in [1.165, 1.54) is 44.1 Å². The first-order valence-corrected chi connectivity index (χ1v) is 11.1. The Morgan fingerprint density at radius 3 is 2.08 bits per heavy atom. The predicted octanol–water partition coefficient (Wildman–Crippen LogP) is 2.21. The number of aryl methyl sites for hydroxylation is 2. The zero-order valence-corrected chi connectivity index (χ0v) is 16.4. The Bertz CT molecular complexity index is 612. The zero-order chi connectivity index (χ0) is 18.7. The summed E-state index contributed by atoms with van der Waals surface area (Å²) in [6, 6.07) is 7.91. The number of sulfonamides is 1. The molecule has 0 saturated carbocycles. The Labute approximate surface area is 152 Å². The van der Waals surface area contributed by atoms with E-state index in [1.807, 2.05) is 4.72 Å². The van der Waals surface area contributed by atoms with Crippen LogP contribution in [0.15, 0.2) is 24.3 Å². The highest BCUT2D eigenvalue weighted by Crippen LogP contribution is 2.12. The van der Waals surface area contributed by atoms with Crippen LogP contribution >= 0.6 is 0 Å². The van der Waals surface area contributed by atoms with Crippen LogP contribution in [0.25, 0.3) is 0 Å². The van der Waals surface area contributed by atoms with Gasteiger partial charge in [0.25, 0.3) is 5.91 Å². The minimum Gasteiger partial charge on any atom is -0.347 e. The van der Waals surface area contributed by atoms with Crippen molar-refractivity contribution >= 4 is 15.9 Å². The van der Waals surface area contributed by atoms with E-state index in [9.17, 15) is 13.2 Å². The molecule has 0 radical (unpaired) electrons. The molecule has 0 saturated heterocycles. The molecular weight excluding hydrogens is 336 g/mol. The second-order valence-corrected chi connectivity index (χ2v) is 8.56. The molecule has 1 aromatic carbocycles. The van der Waals surface area contributed by atoms with E-state index in [0.29, 0.717) is 12.8 Å². The third-order valence-corrected chi connectivity index (χ3v) is 4.85. The summed E-state index contributed by atoms with van der Waals surface area (Å²) in [6.07, 6.45) is 11.1. The van der Waals surface area contributed by atoms with Gasteiger partial charge in [-0.05, 0) is 30.4 Å². The molecule has 1 amide bonds. The first-order chi connectivity index (χ1) is 11.8. The summed E-state index contributed by atoms with van der Waals surface area (Å²) in [4.78, 5) is 11.7. The van der Waals surface area contributed by atoms with Crippen molar-refractivity contribution in [2.75, 3.05) is 6.26 Å². The lowest BCUT2D eigenvalue weighted by Gasteiger charge is -2.09. The first kappa shape index (κ1) is 21.6. The van der Waals surface area contributed by atoms with Crippen molar-refractivity contribution in [1.82, 2.24) is 4.72 Å². The highest BCUT2D eigenvalue weighted by molar-refractivity contribution is 7.89. The van der Waals surface area contributed by atoms with Gasteiger partial charge in [0.15, 0.2) is 6.04 Å². The van der Waals surface area contributed by atoms with Crippen LogP contribution in [0.1, 0.15) is 63.0 Å². The van der Waals surface area contributed by atoms with Crippen LogP contribution in [0.3, 0.4) is 0 Å². The Kier molecular flexibility index (Phi) is 9.75. The van der Waals surface area contributed by atoms with Gasteiger partial charge in [0, 0.05) is 6.42 Å². The van der Waals surface area contributed by atoms with E-state index in [4.69, 9.17) is 0 Å². The molecule has 1 aromatic rings. The maximum Gasteiger partial charge on any atom is 0.291 e. The van der Waals surface area contributed by atoms with Gasteiger partial charge in [-0.15, -0.1) is 0 Å². The van der Waals surface area contributed by atoms with Crippen LogP contribution in [0, 0.1) is 0 Å². The van der Waals surface area contributed by atoms with Crippen LogP contribution < -0.4 is 10.5 Å². The van der Waals surface area contributed by atoms with Crippen LogP contribution in [0.2, 0.25) is 0 Å². The SMILES string of the molecule is CCCCCCCCc1ccc(CCC([NH3+])C(=O)NS(C)(=O)=O)cc1. The summed E-state index contributed by atoms with van der Waals surface area (Å²) in [7, 11) is -3.51. The minimum atomic E-state index is -3.51. The molecule has 25 heavy (non-hydrogen) atoms. The molecule has 0 aliphatic heterocycles. The van der Waals surface area contributed by atoms with E-state index >= 15 is 0 Å². The number of carbonyl (C=O) groups excluding carboxylic acids is 1. The zero-order valence-electron chi connectivity index (χ0n) is 15.6. The van der Waals surface area contributed by atoms with Gasteiger partial charge in [-0.3, -0.25) is 4.79 Å². The Morgan fingerprint density at radius 2 is 1.52 bits per heavy atom. The van der Waals surface area contributed by atoms with Crippen LogP contribution in [0.5, 0.6) is 0 Å². The third-order valence-electron chi connectivity index (χ3n) is 4.28. The smallest absolute Gasteiger partial charge is 0.291 e. The highest BCUT2D eigenvalue weighted by Gasteiger charge is 2.20. The number of unbranched alkanes of at least 4 members (excludes halogenated alkanes) is 5. The lowest BCUT2D eigenvalue weighted by atomic mass is 10.0. The molecule has 6 heteroatoms. The Hall–Kier alpha value is -1.40. The van der Waals surface area contributed by atoms with Crippen molar-refractivity contribution in [1.29, 1.82) is 0 Å². The molecule has 1 rings (SSSR count). The highest BCUT2D eigenvalue weighted by atomic mass is 32.2. The van der Waals surface area contributed by atoms with E-state index in [2.05, 4.69) is 36.9 Å². The minimum absolute atomic E-state index is 0.526. The molecule has 0 spiro atoms. The molecule has 0 fully saturated rings. The van der Waals surface area contributed by atoms with E-state index < -0.39 is 22.0 Å². The molecule has 0 heterocycles. The molecular formula is C19H33N2O3S+. The average Bonchev–Trinajstić information content (AvgIpc) is 2.55. The summed E-state index contributed by atoms with van der Waals surface area (Å²) >= 11 is 0. The van der Waals surface area contributed by atoms with Gasteiger partial charge in [0.2, 0.25) is 10.0 Å². The van der Waals surface area contributed by atoms with Crippen molar-refractivity contribution in [2.24, 2.45) is 0 Å². The predicted molar refractivity (Wildman–Crippen MR) is 102 cm³/mol. The van der Waals surface area contributed by atoms with E-state index in [-0.39, 0.29) is 0 Å². The molecule has 0 aliphatic carbocycles. The van der Waals surface area contributed by atoms with E-state index in [0.717, 1.165) is 18.2 Å². The molecule has 0 aromatic heterocycles. The van der Waals surface area contributed by atoms with Crippen molar-refractivity contribution < 1.29 is 18.9 Å². The summed E-state index contributed by atoms with van der Waals surface area (Å²) in [5, 5.41) is 0. The monoisotopic (exact) mass is 369 g/mol. The van der Waals surface area contributed by atoms with Gasteiger partial charge in [-0.25, -0.2) is 13.1 Å². The Balaban J connectivity index is 2.31. The second-order valence-electron chi connectivity index (χ2n) is 6.81. The van der Waals surface area contributed by atoms with Gasteiger partial charge in [0.05, 0.1) is 6.26 Å². The number of carbonyl (C=O) groups is 1. The van der Waals surface area contributed by atoms with Crippen molar-refractivity contribution in [3.63, 3.8) is 0 Å². The van der Waals surface area contributed by atoms with Crippen LogP contribution in [-0.4, -0.2) is 26.6 Å². The van der Waals surface area contributed by atoms with Gasteiger partial charge in [0.1, 0.15) is 0 Å². The van der Waals surface area contributed by atoms with Gasteiger partial charge >= 0.3 is 0 Å². The molecule has 1 atom stereocenters. The topological polar surface area (TPSA) is 90.9 Å². The maximum absolute atomic E-state index is 11.7. The fourth-order valence-corrected chi connectivity index (χ4v) is 3.25. The number of nitrogens with one attached hydrogen (secondary N) is 1. The van der Waals surface area contributed by atoms with Crippen molar-refractivity contribution in [3.05, 3.63) is 35.4 Å². The number of quaternary nitrogens is 1. The average molecular weight is 370 g/mol. The largest absolute Gasteiger partial charge is 0.347 e. The molecule has 0 bridgehead atoms. The van der Waals surface area contributed by atoms with Crippen molar-refractivity contribution in [2.45, 2.75) is 70.8 Å². The second kappa shape index (κ2) is 11.3. The first-order valence-electron chi connectivity index (χ1n) is 9.24. The molecule has 0 aliphatic rings. The van der Waals surface area contributed by atoms with Gasteiger partial charge < -0.3 is 5.73 Å². The summed E-state index contributed by atoms with van der Waals surface area (Å²) < 4.78 is 24.1. The van der Waals surface area contributed by atoms with Crippen molar-refractivity contribution in [3.8, 4) is 0 Å². The summed E-state index contributed by atoms with van der Waals surface area (Å²) in [5.41, 5.74) is 6.24.